The Morgan fingerprint density at radius 2 is 1.71 bits per heavy atom. The van der Waals surface area contributed by atoms with Gasteiger partial charge in [0.1, 0.15) is 11.9 Å². The zero-order chi connectivity index (χ0) is 19.5. The van der Waals surface area contributed by atoms with Crippen LogP contribution in [0.4, 0.5) is 10.1 Å². The third-order valence-corrected chi connectivity index (χ3v) is 4.68. The molecule has 1 atom stereocenters. The molecule has 4 nitrogen and oxygen atoms in total. The van der Waals surface area contributed by atoms with Crippen molar-refractivity contribution in [3.05, 3.63) is 100 Å². The van der Waals surface area contributed by atoms with Gasteiger partial charge in [0.2, 0.25) is 11.8 Å². The van der Waals surface area contributed by atoms with Crippen molar-refractivity contribution in [2.45, 2.75) is 6.04 Å². The largest absolute Gasteiger partial charge is 0.418 e. The molecule has 0 fully saturated rings. The number of rotatable bonds is 5. The average molecular weight is 414 g/mol. The van der Waals surface area contributed by atoms with Gasteiger partial charge in [-0.05, 0) is 42.5 Å². The van der Waals surface area contributed by atoms with E-state index in [0.29, 0.717) is 22.4 Å². The quantitative estimate of drug-likeness (QED) is 0.412. The highest BCUT2D eigenvalue weighted by molar-refractivity contribution is 6.31. The molecule has 0 aliphatic carbocycles. The Kier molecular flexibility index (Phi) is 5.28. The smallest absolute Gasteiger partial charge is 0.247 e. The third kappa shape index (κ3) is 4.01. The molecule has 3 aromatic carbocycles. The van der Waals surface area contributed by atoms with Crippen molar-refractivity contribution < 1.29 is 8.81 Å². The molecule has 0 radical (unpaired) electrons. The number of hydrogen-bond donors (Lipinski definition) is 1. The van der Waals surface area contributed by atoms with Crippen molar-refractivity contribution in [3.63, 3.8) is 0 Å². The molecule has 0 aliphatic rings. The first kappa shape index (κ1) is 18.5. The fourth-order valence-corrected chi connectivity index (χ4v) is 3.27. The van der Waals surface area contributed by atoms with Crippen LogP contribution in [-0.2, 0) is 0 Å². The van der Waals surface area contributed by atoms with Crippen molar-refractivity contribution in [1.29, 1.82) is 0 Å². The molecule has 7 heteroatoms. The maximum atomic E-state index is 13.5. The number of nitrogens with one attached hydrogen (secondary N) is 1. The second-order valence-electron chi connectivity index (χ2n) is 6.07. The van der Waals surface area contributed by atoms with Crippen LogP contribution >= 0.6 is 23.2 Å². The molecule has 0 bridgehead atoms. The van der Waals surface area contributed by atoms with Gasteiger partial charge in [-0.3, -0.25) is 0 Å². The summed E-state index contributed by atoms with van der Waals surface area (Å²) in [5.74, 6) is 0.254. The molecular formula is C21H14Cl2FN3O. The highest BCUT2D eigenvalue weighted by atomic mass is 35.5. The van der Waals surface area contributed by atoms with Crippen molar-refractivity contribution in [3.8, 4) is 11.5 Å². The molecule has 0 saturated heterocycles. The summed E-state index contributed by atoms with van der Waals surface area (Å²) in [5.41, 5.74) is 2.14. The van der Waals surface area contributed by atoms with Gasteiger partial charge in [0.15, 0.2) is 0 Å². The first-order chi connectivity index (χ1) is 13.6. The summed E-state index contributed by atoms with van der Waals surface area (Å²) in [6, 6.07) is 20.2. The van der Waals surface area contributed by atoms with Crippen LogP contribution in [0.1, 0.15) is 17.5 Å². The minimum absolute atomic E-state index is 0.249. The van der Waals surface area contributed by atoms with Gasteiger partial charge < -0.3 is 9.73 Å². The number of benzene rings is 3. The van der Waals surface area contributed by atoms with Gasteiger partial charge in [-0.2, -0.15) is 0 Å². The lowest BCUT2D eigenvalue weighted by molar-refractivity contribution is 0.494. The molecular weight excluding hydrogens is 400 g/mol. The van der Waals surface area contributed by atoms with E-state index in [1.165, 1.54) is 12.1 Å². The Labute approximate surface area is 170 Å². The molecule has 0 saturated carbocycles. The molecule has 4 rings (SSSR count). The van der Waals surface area contributed by atoms with Crippen LogP contribution in [0.15, 0.2) is 77.2 Å². The molecule has 140 valence electrons. The van der Waals surface area contributed by atoms with Gasteiger partial charge in [-0.1, -0.05) is 53.5 Å². The molecule has 28 heavy (non-hydrogen) atoms. The van der Waals surface area contributed by atoms with E-state index < -0.39 is 11.9 Å². The van der Waals surface area contributed by atoms with Gasteiger partial charge in [0.25, 0.3) is 0 Å². The van der Waals surface area contributed by atoms with Crippen LogP contribution in [0.2, 0.25) is 10.0 Å². The van der Waals surface area contributed by atoms with E-state index in [1.807, 2.05) is 42.5 Å². The van der Waals surface area contributed by atoms with E-state index in [4.69, 9.17) is 27.6 Å². The van der Waals surface area contributed by atoms with Crippen LogP contribution in [0, 0.1) is 5.82 Å². The van der Waals surface area contributed by atoms with E-state index in [1.54, 1.807) is 18.2 Å². The minimum Gasteiger partial charge on any atom is -0.418 e. The fourth-order valence-electron chi connectivity index (χ4n) is 2.80. The van der Waals surface area contributed by atoms with Crippen LogP contribution in [-0.4, -0.2) is 10.2 Å². The predicted molar refractivity (Wildman–Crippen MR) is 108 cm³/mol. The zero-order valence-corrected chi connectivity index (χ0v) is 16.0. The van der Waals surface area contributed by atoms with E-state index in [0.717, 1.165) is 11.3 Å². The maximum Gasteiger partial charge on any atom is 0.247 e. The van der Waals surface area contributed by atoms with Gasteiger partial charge in [0, 0.05) is 26.9 Å². The SMILES string of the molecule is Fc1ccc(C(Nc2cccc(Cl)c2)c2nnc(-c3ccccc3)o2)c(Cl)c1. The first-order valence-electron chi connectivity index (χ1n) is 8.46. The lowest BCUT2D eigenvalue weighted by Crippen LogP contribution is -2.13. The van der Waals surface area contributed by atoms with Gasteiger partial charge >= 0.3 is 0 Å². The summed E-state index contributed by atoms with van der Waals surface area (Å²) in [5, 5.41) is 12.4. The standard InChI is InChI=1S/C21H14Cl2FN3O/c22-14-7-4-8-16(11-14)25-19(17-10-9-15(24)12-18(17)23)21-27-26-20(28-21)13-5-2-1-3-6-13/h1-12,19,25H. The fraction of sp³-hybridized carbons (Fsp3) is 0.0476. The highest BCUT2D eigenvalue weighted by Crippen LogP contribution is 2.33. The number of nitrogens with zero attached hydrogens (tertiary/aromatic N) is 2. The van der Waals surface area contributed by atoms with Crippen LogP contribution < -0.4 is 5.32 Å². The monoisotopic (exact) mass is 413 g/mol. The average Bonchev–Trinajstić information content (AvgIpc) is 3.17. The van der Waals surface area contributed by atoms with Crippen molar-refractivity contribution >= 4 is 28.9 Å². The topological polar surface area (TPSA) is 51.0 Å². The van der Waals surface area contributed by atoms with Gasteiger partial charge in [-0.15, -0.1) is 10.2 Å². The molecule has 0 aliphatic heterocycles. The molecule has 0 spiro atoms. The molecule has 1 aromatic heterocycles. The normalized spacial score (nSPS) is 12.0. The number of halogens is 3. The van der Waals surface area contributed by atoms with Crippen LogP contribution in [0.5, 0.6) is 0 Å². The Balaban J connectivity index is 1.75. The maximum absolute atomic E-state index is 13.5. The van der Waals surface area contributed by atoms with Crippen molar-refractivity contribution in [2.75, 3.05) is 5.32 Å². The van der Waals surface area contributed by atoms with E-state index in [9.17, 15) is 4.39 Å². The second-order valence-corrected chi connectivity index (χ2v) is 6.91. The van der Waals surface area contributed by atoms with Crippen LogP contribution in [0.25, 0.3) is 11.5 Å². The molecule has 0 amide bonds. The molecule has 1 heterocycles. The minimum atomic E-state index is -0.587. The summed E-state index contributed by atoms with van der Waals surface area (Å²) in [6.07, 6.45) is 0. The first-order valence-corrected chi connectivity index (χ1v) is 9.21. The zero-order valence-electron chi connectivity index (χ0n) is 14.4. The Hall–Kier alpha value is -2.89. The summed E-state index contributed by atoms with van der Waals surface area (Å²) in [7, 11) is 0. The molecule has 1 N–H and O–H groups in total. The van der Waals surface area contributed by atoms with Gasteiger partial charge in [0.05, 0.1) is 0 Å². The molecule has 1 unspecified atom stereocenters. The van der Waals surface area contributed by atoms with Crippen LogP contribution in [0.3, 0.4) is 0 Å². The van der Waals surface area contributed by atoms with Crippen molar-refractivity contribution in [1.82, 2.24) is 10.2 Å². The third-order valence-electron chi connectivity index (χ3n) is 4.12. The lowest BCUT2D eigenvalue weighted by Gasteiger charge is -2.18. The van der Waals surface area contributed by atoms with Gasteiger partial charge in [-0.25, -0.2) is 4.39 Å². The predicted octanol–water partition coefficient (Wildman–Crippen LogP) is 6.38. The van der Waals surface area contributed by atoms with Crippen molar-refractivity contribution in [2.24, 2.45) is 0 Å². The van der Waals surface area contributed by atoms with E-state index in [-0.39, 0.29) is 5.02 Å². The Bertz CT molecular complexity index is 1100. The number of aromatic nitrogens is 2. The summed E-state index contributed by atoms with van der Waals surface area (Å²) in [6.45, 7) is 0. The summed E-state index contributed by atoms with van der Waals surface area (Å²) < 4.78 is 19.4. The lowest BCUT2D eigenvalue weighted by atomic mass is 10.1. The van der Waals surface area contributed by atoms with E-state index in [2.05, 4.69) is 15.5 Å². The second kappa shape index (κ2) is 8.00. The number of hydrogen-bond acceptors (Lipinski definition) is 4. The summed E-state index contributed by atoms with van der Waals surface area (Å²) >= 11 is 12.4. The van der Waals surface area contributed by atoms with E-state index >= 15 is 0 Å². The molecule has 4 aromatic rings. The number of anilines is 1. The summed E-state index contributed by atoms with van der Waals surface area (Å²) in [4.78, 5) is 0. The Morgan fingerprint density at radius 1 is 0.893 bits per heavy atom. The Morgan fingerprint density at radius 3 is 2.46 bits per heavy atom. The highest BCUT2D eigenvalue weighted by Gasteiger charge is 2.24.